The van der Waals surface area contributed by atoms with Gasteiger partial charge in [-0.05, 0) is 36.1 Å². The summed E-state index contributed by atoms with van der Waals surface area (Å²) in [6, 6.07) is 9.34. The molecule has 3 rings (SSSR count). The van der Waals surface area contributed by atoms with Crippen molar-refractivity contribution in [2.75, 3.05) is 0 Å². The molecule has 4 heteroatoms. The zero-order valence-corrected chi connectivity index (χ0v) is 11.2. The van der Waals surface area contributed by atoms with Gasteiger partial charge in [0, 0.05) is 28.0 Å². The van der Waals surface area contributed by atoms with Crippen molar-refractivity contribution in [1.82, 2.24) is 0 Å². The van der Waals surface area contributed by atoms with E-state index in [4.69, 9.17) is 5.73 Å². The number of aryl methyl sites for hydroxylation is 1. The predicted octanol–water partition coefficient (Wildman–Crippen LogP) is 2.81. The number of phenolic OH excluding ortho intramolecular Hbond substituents is 2. The van der Waals surface area contributed by atoms with Gasteiger partial charge in [-0.25, -0.2) is 0 Å². The van der Waals surface area contributed by atoms with Crippen LogP contribution in [0.2, 0.25) is 0 Å². The van der Waals surface area contributed by atoms with E-state index in [2.05, 4.69) is 12.1 Å². The maximum absolute atomic E-state index is 9.95. The molecule has 0 aromatic heterocycles. The van der Waals surface area contributed by atoms with Crippen molar-refractivity contribution >= 4 is 11.8 Å². The summed E-state index contributed by atoms with van der Waals surface area (Å²) in [5.74, 6) is 0.278. The molecule has 0 saturated carbocycles. The van der Waals surface area contributed by atoms with Crippen LogP contribution in [0.1, 0.15) is 16.7 Å². The van der Waals surface area contributed by atoms with E-state index in [-0.39, 0.29) is 11.5 Å². The fourth-order valence-corrected chi connectivity index (χ4v) is 3.57. The third-order valence-electron chi connectivity index (χ3n) is 3.40. The van der Waals surface area contributed by atoms with E-state index in [9.17, 15) is 10.2 Å². The molecule has 3 nitrogen and oxygen atoms in total. The van der Waals surface area contributed by atoms with Crippen LogP contribution in [0.15, 0.2) is 40.1 Å². The maximum Gasteiger partial charge on any atom is 0.123 e. The first-order chi connectivity index (χ1) is 9.17. The van der Waals surface area contributed by atoms with Crippen LogP contribution in [-0.4, -0.2) is 10.2 Å². The Morgan fingerprint density at radius 2 is 1.89 bits per heavy atom. The third kappa shape index (κ3) is 2.29. The molecule has 0 atom stereocenters. The summed E-state index contributed by atoms with van der Waals surface area (Å²) in [4.78, 5) is 2.10. The number of aromatic hydroxyl groups is 2. The molecular formula is C15H15NO2S. The highest BCUT2D eigenvalue weighted by molar-refractivity contribution is 7.99. The zero-order valence-electron chi connectivity index (χ0n) is 10.4. The molecule has 19 heavy (non-hydrogen) atoms. The van der Waals surface area contributed by atoms with Crippen LogP contribution in [0.4, 0.5) is 0 Å². The summed E-state index contributed by atoms with van der Waals surface area (Å²) < 4.78 is 0. The standard InChI is InChI=1S/C15H15NO2S/c16-8-9-1-4-14-10(5-9)2-3-12-13(18)6-11(17)7-15(12)19-14/h1,4-7,17-18H,2-3,8,16H2. The van der Waals surface area contributed by atoms with Gasteiger partial charge in [0.15, 0.2) is 0 Å². The molecule has 1 aliphatic heterocycles. The van der Waals surface area contributed by atoms with E-state index in [1.54, 1.807) is 17.8 Å². The lowest BCUT2D eigenvalue weighted by atomic mass is 10.0. The highest BCUT2D eigenvalue weighted by Gasteiger charge is 2.18. The Kier molecular flexibility index (Phi) is 3.12. The third-order valence-corrected chi connectivity index (χ3v) is 4.60. The molecule has 1 heterocycles. The Morgan fingerprint density at radius 3 is 2.68 bits per heavy atom. The molecule has 0 saturated heterocycles. The summed E-state index contributed by atoms with van der Waals surface area (Å²) in [6.07, 6.45) is 1.65. The number of phenols is 2. The van der Waals surface area contributed by atoms with Crippen molar-refractivity contribution in [2.45, 2.75) is 29.2 Å². The maximum atomic E-state index is 9.95. The molecule has 0 aliphatic carbocycles. The Labute approximate surface area is 116 Å². The van der Waals surface area contributed by atoms with Crippen LogP contribution in [0.5, 0.6) is 11.5 Å². The summed E-state index contributed by atoms with van der Waals surface area (Å²) >= 11 is 1.59. The minimum Gasteiger partial charge on any atom is -0.508 e. The predicted molar refractivity (Wildman–Crippen MR) is 75.6 cm³/mol. The minimum atomic E-state index is 0.103. The molecule has 1 aliphatic rings. The van der Waals surface area contributed by atoms with Gasteiger partial charge in [-0.3, -0.25) is 0 Å². The summed E-state index contributed by atoms with van der Waals surface area (Å²) in [7, 11) is 0. The summed E-state index contributed by atoms with van der Waals surface area (Å²) in [5, 5.41) is 19.5. The number of fused-ring (bicyclic) bond motifs is 2. The Balaban J connectivity index is 2.07. The van der Waals surface area contributed by atoms with Crippen LogP contribution >= 0.6 is 11.8 Å². The molecule has 0 unspecified atom stereocenters. The van der Waals surface area contributed by atoms with E-state index in [1.807, 2.05) is 6.07 Å². The molecule has 0 bridgehead atoms. The molecule has 0 fully saturated rings. The SMILES string of the molecule is NCc1ccc2c(c1)CCc1c(O)cc(O)cc1S2. The van der Waals surface area contributed by atoms with Gasteiger partial charge in [0.1, 0.15) is 11.5 Å². The molecule has 0 spiro atoms. The normalized spacial score (nSPS) is 13.5. The van der Waals surface area contributed by atoms with E-state index in [1.165, 1.54) is 16.5 Å². The second kappa shape index (κ2) is 4.79. The van der Waals surface area contributed by atoms with Crippen molar-refractivity contribution in [1.29, 1.82) is 0 Å². The number of hydrogen-bond donors (Lipinski definition) is 3. The molecule has 2 aromatic rings. The van der Waals surface area contributed by atoms with Crippen molar-refractivity contribution < 1.29 is 10.2 Å². The van der Waals surface area contributed by atoms with Gasteiger partial charge in [0.2, 0.25) is 0 Å². The number of rotatable bonds is 1. The molecule has 0 amide bonds. The fraction of sp³-hybridized carbons (Fsp3) is 0.200. The monoisotopic (exact) mass is 273 g/mol. The Bertz CT molecular complexity index is 640. The van der Waals surface area contributed by atoms with E-state index in [0.29, 0.717) is 6.54 Å². The van der Waals surface area contributed by atoms with Crippen molar-refractivity contribution in [3.05, 3.63) is 47.0 Å². The Morgan fingerprint density at radius 1 is 1.05 bits per heavy atom. The summed E-state index contributed by atoms with van der Waals surface area (Å²) in [5.41, 5.74) is 8.96. The van der Waals surface area contributed by atoms with Gasteiger partial charge in [-0.15, -0.1) is 0 Å². The highest BCUT2D eigenvalue weighted by atomic mass is 32.2. The number of benzene rings is 2. The lowest BCUT2D eigenvalue weighted by Gasteiger charge is -2.08. The van der Waals surface area contributed by atoms with Gasteiger partial charge in [0.25, 0.3) is 0 Å². The largest absolute Gasteiger partial charge is 0.508 e. The van der Waals surface area contributed by atoms with Crippen LogP contribution in [0.25, 0.3) is 0 Å². The topological polar surface area (TPSA) is 66.5 Å². The van der Waals surface area contributed by atoms with Gasteiger partial charge in [-0.1, -0.05) is 23.9 Å². The number of nitrogens with two attached hydrogens (primary N) is 1. The van der Waals surface area contributed by atoms with Crippen LogP contribution in [0.3, 0.4) is 0 Å². The fourth-order valence-electron chi connectivity index (χ4n) is 2.39. The van der Waals surface area contributed by atoms with Gasteiger partial charge in [0.05, 0.1) is 0 Å². The zero-order chi connectivity index (χ0) is 13.4. The minimum absolute atomic E-state index is 0.103. The average Bonchev–Trinajstić information content (AvgIpc) is 2.56. The highest BCUT2D eigenvalue weighted by Crippen LogP contribution is 2.42. The molecular weight excluding hydrogens is 258 g/mol. The lowest BCUT2D eigenvalue weighted by Crippen LogP contribution is -1.98. The van der Waals surface area contributed by atoms with E-state index >= 15 is 0 Å². The van der Waals surface area contributed by atoms with Gasteiger partial charge >= 0.3 is 0 Å². The van der Waals surface area contributed by atoms with Gasteiger partial charge in [-0.2, -0.15) is 0 Å². The van der Waals surface area contributed by atoms with Crippen molar-refractivity contribution in [3.8, 4) is 11.5 Å². The first-order valence-corrected chi connectivity index (χ1v) is 7.03. The van der Waals surface area contributed by atoms with E-state index < -0.39 is 0 Å². The average molecular weight is 273 g/mol. The van der Waals surface area contributed by atoms with Gasteiger partial charge < -0.3 is 15.9 Å². The van der Waals surface area contributed by atoms with E-state index in [0.717, 1.165) is 28.9 Å². The van der Waals surface area contributed by atoms with Crippen LogP contribution < -0.4 is 5.73 Å². The smallest absolute Gasteiger partial charge is 0.123 e. The first kappa shape index (κ1) is 12.4. The molecule has 0 radical (unpaired) electrons. The van der Waals surface area contributed by atoms with Crippen molar-refractivity contribution in [2.24, 2.45) is 5.73 Å². The lowest BCUT2D eigenvalue weighted by molar-refractivity contribution is 0.442. The van der Waals surface area contributed by atoms with Crippen LogP contribution in [0, 0.1) is 0 Å². The molecule has 2 aromatic carbocycles. The van der Waals surface area contributed by atoms with Crippen molar-refractivity contribution in [3.63, 3.8) is 0 Å². The second-order valence-electron chi connectivity index (χ2n) is 4.69. The first-order valence-electron chi connectivity index (χ1n) is 6.22. The second-order valence-corrected chi connectivity index (χ2v) is 5.77. The molecule has 98 valence electrons. The number of hydrogen-bond acceptors (Lipinski definition) is 4. The quantitative estimate of drug-likeness (QED) is 0.747. The van der Waals surface area contributed by atoms with Crippen LogP contribution in [-0.2, 0) is 19.4 Å². The Hall–Kier alpha value is -1.65. The molecule has 4 N–H and O–H groups in total. The summed E-state index contributed by atoms with van der Waals surface area (Å²) in [6.45, 7) is 0.539.